The Morgan fingerprint density at radius 1 is 1.18 bits per heavy atom. The number of aldehydes is 1. The molecule has 3 heterocycles. The number of piperazine rings is 1. The molecule has 2 N–H and O–H groups in total. The van der Waals surface area contributed by atoms with Crippen LogP contribution >= 0.6 is 22.9 Å². The zero-order valence-electron chi connectivity index (χ0n) is 18.2. The summed E-state index contributed by atoms with van der Waals surface area (Å²) in [5, 5.41) is 2.60. The number of carbonyl (C=O) groups is 2. The number of anilines is 1. The van der Waals surface area contributed by atoms with Crippen molar-refractivity contribution >= 4 is 68.0 Å². The average Bonchev–Trinajstić information content (AvgIpc) is 3.25. The second-order valence-corrected chi connectivity index (χ2v) is 9.78. The zero-order valence-corrected chi connectivity index (χ0v) is 19.8. The van der Waals surface area contributed by atoms with E-state index in [1.165, 1.54) is 6.33 Å². The van der Waals surface area contributed by atoms with Crippen LogP contribution < -0.4 is 5.73 Å². The van der Waals surface area contributed by atoms with E-state index >= 15 is 0 Å². The minimum atomic E-state index is -0.372. The van der Waals surface area contributed by atoms with Gasteiger partial charge in [-0.1, -0.05) is 23.7 Å². The maximum absolute atomic E-state index is 12.8. The van der Waals surface area contributed by atoms with E-state index in [9.17, 15) is 9.59 Å². The molecule has 0 saturated carbocycles. The number of hydrogen-bond donors (Lipinski definition) is 1. The summed E-state index contributed by atoms with van der Waals surface area (Å²) in [4.78, 5) is 37.8. The average molecular weight is 492 g/mol. The third-order valence-electron chi connectivity index (χ3n) is 6.01. The molecule has 0 aliphatic carbocycles. The summed E-state index contributed by atoms with van der Waals surface area (Å²) in [5.74, 6) is 0.349. The number of halogens is 1. The quantitative estimate of drug-likeness (QED) is 0.335. The van der Waals surface area contributed by atoms with E-state index in [0.717, 1.165) is 37.7 Å². The van der Waals surface area contributed by atoms with Gasteiger partial charge in [0, 0.05) is 52.2 Å². The summed E-state index contributed by atoms with van der Waals surface area (Å²) >= 11 is 7.65. The van der Waals surface area contributed by atoms with Crippen LogP contribution in [0.15, 0.2) is 54.9 Å². The fourth-order valence-electron chi connectivity index (χ4n) is 4.20. The molecule has 7 nitrogen and oxygen atoms in total. The van der Waals surface area contributed by atoms with E-state index in [-0.39, 0.29) is 11.9 Å². The summed E-state index contributed by atoms with van der Waals surface area (Å²) < 4.78 is 1.08. The van der Waals surface area contributed by atoms with E-state index in [1.54, 1.807) is 22.3 Å². The molecular formula is C25H22ClN5O2S. The van der Waals surface area contributed by atoms with E-state index in [4.69, 9.17) is 17.3 Å². The number of thiophene rings is 1. The highest BCUT2D eigenvalue weighted by Gasteiger charge is 2.28. The van der Waals surface area contributed by atoms with E-state index < -0.39 is 0 Å². The van der Waals surface area contributed by atoms with Gasteiger partial charge in [-0.25, -0.2) is 9.97 Å². The molecule has 2 aromatic carbocycles. The number of amides is 1. The Morgan fingerprint density at radius 2 is 2.06 bits per heavy atom. The van der Waals surface area contributed by atoms with Gasteiger partial charge in [-0.3, -0.25) is 9.69 Å². The highest BCUT2D eigenvalue weighted by atomic mass is 35.5. The van der Waals surface area contributed by atoms with Crippen LogP contribution in [0.25, 0.3) is 27.1 Å². The molecule has 5 rings (SSSR count). The molecule has 1 aliphatic heterocycles. The van der Waals surface area contributed by atoms with Crippen LogP contribution in [0.2, 0.25) is 5.02 Å². The van der Waals surface area contributed by atoms with Gasteiger partial charge in [-0.15, -0.1) is 11.3 Å². The van der Waals surface area contributed by atoms with Crippen molar-refractivity contribution in [3.63, 3.8) is 0 Å². The second kappa shape index (κ2) is 9.50. The molecule has 0 bridgehead atoms. The smallest absolute Gasteiger partial charge is 0.246 e. The first kappa shape index (κ1) is 22.5. The van der Waals surface area contributed by atoms with Crippen molar-refractivity contribution in [2.45, 2.75) is 12.6 Å². The number of nitrogen functional groups attached to an aromatic ring is 1. The third kappa shape index (κ3) is 4.65. The molecule has 0 radical (unpaired) electrons. The molecule has 4 aromatic rings. The van der Waals surface area contributed by atoms with E-state index in [0.29, 0.717) is 37.0 Å². The number of aromatic nitrogens is 2. The maximum atomic E-state index is 12.8. The lowest BCUT2D eigenvalue weighted by molar-refractivity contribution is -0.130. The fraction of sp³-hybridized carbons (Fsp3) is 0.200. The van der Waals surface area contributed by atoms with Crippen LogP contribution in [0.1, 0.15) is 10.4 Å². The van der Waals surface area contributed by atoms with Gasteiger partial charge in [-0.05, 0) is 47.4 Å². The normalized spacial score (nSPS) is 17.1. The van der Waals surface area contributed by atoms with Crippen LogP contribution in [0.4, 0.5) is 5.82 Å². The first-order chi connectivity index (χ1) is 16.5. The van der Waals surface area contributed by atoms with Crippen molar-refractivity contribution in [1.82, 2.24) is 19.8 Å². The van der Waals surface area contributed by atoms with Crippen molar-refractivity contribution in [1.29, 1.82) is 0 Å². The summed E-state index contributed by atoms with van der Waals surface area (Å²) in [7, 11) is 0. The predicted molar refractivity (Wildman–Crippen MR) is 137 cm³/mol. The molecule has 0 spiro atoms. The molecule has 1 unspecified atom stereocenters. The maximum Gasteiger partial charge on any atom is 0.246 e. The van der Waals surface area contributed by atoms with Crippen LogP contribution in [-0.4, -0.2) is 57.6 Å². The van der Waals surface area contributed by atoms with Crippen LogP contribution in [0.3, 0.4) is 0 Å². The Labute approximate surface area is 205 Å². The first-order valence-electron chi connectivity index (χ1n) is 10.8. The minimum absolute atomic E-state index is 0.0973. The molecule has 34 heavy (non-hydrogen) atoms. The summed E-state index contributed by atoms with van der Waals surface area (Å²) in [6, 6.07) is 13.3. The second-order valence-electron chi connectivity index (χ2n) is 8.23. The van der Waals surface area contributed by atoms with Crippen molar-refractivity contribution < 1.29 is 9.59 Å². The Balaban J connectivity index is 1.24. The lowest BCUT2D eigenvalue weighted by Gasteiger charge is -2.38. The van der Waals surface area contributed by atoms with Crippen molar-refractivity contribution in [2.24, 2.45) is 0 Å². The largest absolute Gasteiger partial charge is 0.383 e. The van der Waals surface area contributed by atoms with E-state index in [1.807, 2.05) is 48.5 Å². The van der Waals surface area contributed by atoms with Gasteiger partial charge in [0.15, 0.2) is 0 Å². The highest BCUT2D eigenvalue weighted by molar-refractivity contribution is 7.19. The van der Waals surface area contributed by atoms with Gasteiger partial charge in [0.1, 0.15) is 18.4 Å². The minimum Gasteiger partial charge on any atom is -0.383 e. The van der Waals surface area contributed by atoms with Gasteiger partial charge in [0.2, 0.25) is 5.91 Å². The molecular weight excluding hydrogens is 470 g/mol. The zero-order chi connectivity index (χ0) is 23.7. The topological polar surface area (TPSA) is 92.4 Å². The number of fused-ring (bicyclic) bond motifs is 2. The number of hydrogen-bond acceptors (Lipinski definition) is 7. The SMILES string of the molecule is Nc1ncnc2cc(CN3CCN(C(=O)/C=C/c4cc5ccc(Cl)cc5s4)CC3C=O)ccc12. The summed E-state index contributed by atoms with van der Waals surface area (Å²) in [5.41, 5.74) is 7.71. The van der Waals surface area contributed by atoms with Crippen LogP contribution in [0.5, 0.6) is 0 Å². The Hall–Kier alpha value is -3.33. The number of nitrogens with two attached hydrogens (primary N) is 1. The van der Waals surface area contributed by atoms with Crippen molar-refractivity contribution in [3.05, 3.63) is 70.3 Å². The summed E-state index contributed by atoms with van der Waals surface area (Å²) in [6.07, 6.45) is 5.77. The van der Waals surface area contributed by atoms with E-state index in [2.05, 4.69) is 14.9 Å². The standard InChI is InChI=1S/C25H22ClN5O2S/c26-18-3-2-17-10-20(34-23(17)11-18)4-6-24(33)31-8-7-30(19(13-31)14-32)12-16-1-5-21-22(9-16)28-15-29-25(21)27/h1-6,9-11,14-15,19H,7-8,12-13H2,(H2,27,28,29)/b6-4+. The van der Waals surface area contributed by atoms with Gasteiger partial charge < -0.3 is 15.4 Å². The Bertz CT molecular complexity index is 1420. The molecule has 1 atom stereocenters. The Kier molecular flexibility index (Phi) is 6.28. The lowest BCUT2D eigenvalue weighted by atomic mass is 10.1. The molecule has 2 aromatic heterocycles. The molecule has 1 amide bonds. The number of carbonyl (C=O) groups excluding carboxylic acids is 2. The monoisotopic (exact) mass is 491 g/mol. The van der Waals surface area contributed by atoms with Crippen molar-refractivity contribution in [2.75, 3.05) is 25.4 Å². The van der Waals surface area contributed by atoms with Crippen molar-refractivity contribution in [3.8, 4) is 0 Å². The molecule has 1 fully saturated rings. The molecule has 172 valence electrons. The predicted octanol–water partition coefficient (Wildman–Crippen LogP) is 4.01. The Morgan fingerprint density at radius 3 is 2.91 bits per heavy atom. The number of rotatable bonds is 5. The van der Waals surface area contributed by atoms with Crippen LogP contribution in [0, 0.1) is 0 Å². The van der Waals surface area contributed by atoms with Gasteiger partial charge >= 0.3 is 0 Å². The third-order valence-corrected chi connectivity index (χ3v) is 7.31. The van der Waals surface area contributed by atoms with Gasteiger partial charge in [-0.2, -0.15) is 0 Å². The molecule has 9 heteroatoms. The highest BCUT2D eigenvalue weighted by Crippen LogP contribution is 2.29. The van der Waals surface area contributed by atoms with Gasteiger partial charge in [0.25, 0.3) is 0 Å². The number of benzene rings is 2. The lowest BCUT2D eigenvalue weighted by Crippen LogP contribution is -2.54. The summed E-state index contributed by atoms with van der Waals surface area (Å²) in [6.45, 7) is 2.11. The molecule has 1 aliphatic rings. The first-order valence-corrected chi connectivity index (χ1v) is 12.0. The fourth-order valence-corrected chi connectivity index (χ4v) is 5.44. The number of nitrogens with zero attached hydrogens (tertiary/aromatic N) is 4. The van der Waals surface area contributed by atoms with Gasteiger partial charge in [0.05, 0.1) is 11.6 Å². The molecule has 1 saturated heterocycles. The van der Waals surface area contributed by atoms with Crippen LogP contribution in [-0.2, 0) is 16.1 Å².